The number of hydrogen-bond donors (Lipinski definition) is 4. The Morgan fingerprint density at radius 1 is 1.67 bits per heavy atom. The van der Waals surface area contributed by atoms with E-state index in [1.54, 1.807) is 11.2 Å². The zero-order chi connectivity index (χ0) is 15.1. The van der Waals surface area contributed by atoms with Crippen LogP contribution in [0.4, 0.5) is 0 Å². The maximum atomic E-state index is 12.1. The van der Waals surface area contributed by atoms with Gasteiger partial charge in [0.15, 0.2) is 5.96 Å². The van der Waals surface area contributed by atoms with Crippen molar-refractivity contribution < 1.29 is 24.3 Å². The van der Waals surface area contributed by atoms with Gasteiger partial charge in [-0.3, -0.25) is 14.7 Å². The van der Waals surface area contributed by atoms with Gasteiger partial charge in [0.1, 0.15) is 6.10 Å². The van der Waals surface area contributed by atoms with Gasteiger partial charge in [-0.05, 0) is 6.92 Å². The lowest BCUT2D eigenvalue weighted by molar-refractivity contribution is -0.539. The maximum absolute atomic E-state index is 12.1. The lowest BCUT2D eigenvalue weighted by Gasteiger charge is -2.26. The van der Waals surface area contributed by atoms with Gasteiger partial charge in [0.2, 0.25) is 24.8 Å². The van der Waals surface area contributed by atoms with Crippen molar-refractivity contribution in [2.45, 2.75) is 44.0 Å². The van der Waals surface area contributed by atoms with Gasteiger partial charge in [-0.25, -0.2) is 9.89 Å². The molecule has 5 atom stereocenters. The number of likely N-dealkylation sites (N-methyl/N-ethyl adjacent to an activating group) is 1. The van der Waals surface area contributed by atoms with E-state index in [4.69, 9.17) is 10.5 Å². The molecule has 21 heavy (non-hydrogen) atoms. The van der Waals surface area contributed by atoms with Crippen LogP contribution in [0, 0.1) is 0 Å². The van der Waals surface area contributed by atoms with Crippen molar-refractivity contribution in [1.29, 1.82) is 0 Å². The molecule has 0 aromatic heterocycles. The number of aliphatic hydroxyl groups is 2. The van der Waals surface area contributed by atoms with Gasteiger partial charge in [0.05, 0.1) is 19.3 Å². The second kappa shape index (κ2) is 5.24. The van der Waals surface area contributed by atoms with Crippen molar-refractivity contribution in [1.82, 2.24) is 10.2 Å². The summed E-state index contributed by atoms with van der Waals surface area (Å²) in [5, 5.41) is 21.6. The SMILES string of the molecule is CC[N+]1=CN(C2CC(O)C(CO)O2)C2N=C(N)NC(=O)C21. The van der Waals surface area contributed by atoms with Crippen LogP contribution in [-0.2, 0) is 9.53 Å². The Kier molecular flexibility index (Phi) is 3.56. The molecule has 3 aliphatic heterocycles. The standard InChI is InChI=1S/C12H19N5O4/c1-2-16-5-17(8-3-6(19)7(4-18)21-8)10-9(16)11(20)15-12(13)14-10/h5-10,18-19H,2-4H2,1H3,(H2-,13,14,15,20)/p+1. The monoisotopic (exact) mass is 298 g/mol. The fourth-order valence-electron chi connectivity index (χ4n) is 3.03. The third-order valence-electron chi connectivity index (χ3n) is 4.10. The molecule has 0 aromatic carbocycles. The van der Waals surface area contributed by atoms with E-state index in [0.29, 0.717) is 13.0 Å². The normalized spacial score (nSPS) is 38.9. The number of fused-ring (bicyclic) bond motifs is 1. The highest BCUT2D eigenvalue weighted by atomic mass is 16.5. The summed E-state index contributed by atoms with van der Waals surface area (Å²) in [4.78, 5) is 18.2. The Morgan fingerprint density at radius 2 is 2.43 bits per heavy atom. The van der Waals surface area contributed by atoms with Crippen molar-refractivity contribution >= 4 is 18.2 Å². The van der Waals surface area contributed by atoms with Gasteiger partial charge in [0.25, 0.3) is 5.91 Å². The highest BCUT2D eigenvalue weighted by Crippen LogP contribution is 2.28. The third-order valence-corrected chi connectivity index (χ3v) is 4.10. The van der Waals surface area contributed by atoms with Gasteiger partial charge < -0.3 is 20.7 Å². The van der Waals surface area contributed by atoms with Crippen molar-refractivity contribution in [3.63, 3.8) is 0 Å². The smallest absolute Gasteiger partial charge is 0.278 e. The first-order valence-corrected chi connectivity index (χ1v) is 7.01. The zero-order valence-electron chi connectivity index (χ0n) is 11.7. The molecule has 116 valence electrons. The first-order chi connectivity index (χ1) is 10.0. The minimum Gasteiger partial charge on any atom is -0.394 e. The summed E-state index contributed by atoms with van der Waals surface area (Å²) in [6, 6.07) is -0.462. The van der Waals surface area contributed by atoms with Crippen LogP contribution in [0.2, 0.25) is 0 Å². The van der Waals surface area contributed by atoms with E-state index in [1.165, 1.54) is 0 Å². The number of aliphatic hydroxyl groups excluding tert-OH is 2. The van der Waals surface area contributed by atoms with Crippen molar-refractivity contribution in [2.24, 2.45) is 10.7 Å². The van der Waals surface area contributed by atoms with E-state index >= 15 is 0 Å². The average molecular weight is 298 g/mol. The molecule has 1 fully saturated rings. The number of carbonyl (C=O) groups is 1. The molecule has 0 spiro atoms. The molecule has 1 saturated heterocycles. The number of guanidine groups is 1. The predicted molar refractivity (Wildman–Crippen MR) is 72.4 cm³/mol. The fraction of sp³-hybridized carbons (Fsp3) is 0.750. The van der Waals surface area contributed by atoms with E-state index in [1.807, 2.05) is 11.5 Å². The van der Waals surface area contributed by atoms with Gasteiger partial charge in [0, 0.05) is 6.42 Å². The van der Waals surface area contributed by atoms with Crippen LogP contribution in [-0.4, -0.2) is 81.7 Å². The first kappa shape index (κ1) is 14.2. The summed E-state index contributed by atoms with van der Waals surface area (Å²) in [5.41, 5.74) is 5.64. The number of carbonyl (C=O) groups excluding carboxylic acids is 1. The minimum absolute atomic E-state index is 0.0786. The van der Waals surface area contributed by atoms with Crippen LogP contribution in [0.25, 0.3) is 0 Å². The van der Waals surface area contributed by atoms with Gasteiger partial charge >= 0.3 is 0 Å². The van der Waals surface area contributed by atoms with Crippen LogP contribution < -0.4 is 11.1 Å². The Bertz CT molecular complexity index is 508. The van der Waals surface area contributed by atoms with Crippen LogP contribution >= 0.6 is 0 Å². The van der Waals surface area contributed by atoms with Gasteiger partial charge in [-0.2, -0.15) is 0 Å². The molecule has 3 aliphatic rings. The van der Waals surface area contributed by atoms with Gasteiger partial charge in [-0.1, -0.05) is 0 Å². The number of hydrogen-bond acceptors (Lipinski definition) is 7. The Morgan fingerprint density at radius 3 is 3.05 bits per heavy atom. The Labute approximate surface area is 121 Å². The number of aliphatic imine (C=N–C) groups is 1. The lowest BCUT2D eigenvalue weighted by Crippen LogP contribution is -2.57. The predicted octanol–water partition coefficient (Wildman–Crippen LogP) is -3.03. The minimum atomic E-state index is -0.735. The quantitative estimate of drug-likeness (QED) is 0.411. The molecule has 5 unspecified atom stereocenters. The molecule has 0 radical (unpaired) electrons. The van der Waals surface area contributed by atoms with Crippen LogP contribution in [0.3, 0.4) is 0 Å². The number of amides is 1. The lowest BCUT2D eigenvalue weighted by atomic mass is 10.1. The molecule has 0 saturated carbocycles. The molecule has 9 heteroatoms. The molecule has 0 aliphatic carbocycles. The number of nitrogens with zero attached hydrogens (tertiary/aromatic N) is 3. The van der Waals surface area contributed by atoms with Gasteiger partial charge in [-0.15, -0.1) is 0 Å². The van der Waals surface area contributed by atoms with E-state index in [2.05, 4.69) is 10.3 Å². The second-order valence-corrected chi connectivity index (χ2v) is 5.37. The van der Waals surface area contributed by atoms with E-state index in [0.717, 1.165) is 0 Å². The highest BCUT2D eigenvalue weighted by Gasteiger charge is 2.53. The van der Waals surface area contributed by atoms with Crippen molar-refractivity contribution in [2.75, 3.05) is 13.2 Å². The maximum Gasteiger partial charge on any atom is 0.278 e. The molecule has 0 aromatic rings. The summed E-state index contributed by atoms with van der Waals surface area (Å²) in [5.74, 6) is -0.125. The largest absolute Gasteiger partial charge is 0.394 e. The molecule has 3 rings (SSSR count). The number of ether oxygens (including phenoxy) is 1. The summed E-state index contributed by atoms with van der Waals surface area (Å²) >= 11 is 0. The topological polar surface area (TPSA) is 123 Å². The van der Waals surface area contributed by atoms with Crippen LogP contribution in [0.15, 0.2) is 4.99 Å². The van der Waals surface area contributed by atoms with Crippen LogP contribution in [0.1, 0.15) is 13.3 Å². The Hall–Kier alpha value is -1.71. The number of rotatable bonds is 3. The van der Waals surface area contributed by atoms with Crippen molar-refractivity contribution in [3.8, 4) is 0 Å². The van der Waals surface area contributed by atoms with E-state index < -0.39 is 30.6 Å². The zero-order valence-corrected chi connectivity index (χ0v) is 11.7. The fourth-order valence-corrected chi connectivity index (χ4v) is 3.03. The first-order valence-electron chi connectivity index (χ1n) is 7.01. The van der Waals surface area contributed by atoms with E-state index in [9.17, 15) is 15.0 Å². The summed E-state index contributed by atoms with van der Waals surface area (Å²) in [7, 11) is 0. The molecular formula is C12H20N5O4+. The number of nitrogens with one attached hydrogen (secondary N) is 1. The number of nitrogens with two attached hydrogens (primary N) is 1. The summed E-state index contributed by atoms with van der Waals surface area (Å²) in [6.45, 7) is 2.33. The Balaban J connectivity index is 1.87. The molecular weight excluding hydrogens is 278 g/mol. The molecule has 3 heterocycles. The van der Waals surface area contributed by atoms with Crippen molar-refractivity contribution in [3.05, 3.63) is 0 Å². The van der Waals surface area contributed by atoms with E-state index in [-0.39, 0.29) is 18.5 Å². The summed E-state index contributed by atoms with van der Waals surface area (Å²) < 4.78 is 7.50. The van der Waals surface area contributed by atoms with Crippen LogP contribution in [0.5, 0.6) is 0 Å². The molecule has 1 amide bonds. The highest BCUT2D eigenvalue weighted by molar-refractivity contribution is 6.01. The summed E-state index contributed by atoms with van der Waals surface area (Å²) in [6.07, 6.45) is -0.136. The third kappa shape index (κ3) is 2.27. The average Bonchev–Trinajstić information content (AvgIpc) is 2.98. The second-order valence-electron chi connectivity index (χ2n) is 5.37. The molecule has 0 bridgehead atoms. The molecule has 5 N–H and O–H groups in total. The molecule has 9 nitrogen and oxygen atoms in total.